The molecule has 0 atom stereocenters. The maximum absolute atomic E-state index is 13.9. The standard InChI is InChI=1S/C25H27F2N3O3/c1-16(31)11-18-12-17(3-5-21(18)27)15-28-24(33)30-9-7-25(8-10-30)14-23(32)20-13-19(26)4-6-22(20)29(25)2/h3-6,12-13H,7-11,14-15H2,1-2H3,(H,28,33). The van der Waals surface area contributed by atoms with Crippen LogP contribution in [0.2, 0.25) is 0 Å². The summed E-state index contributed by atoms with van der Waals surface area (Å²) < 4.78 is 27.5. The van der Waals surface area contributed by atoms with Crippen LogP contribution in [0.5, 0.6) is 0 Å². The lowest BCUT2D eigenvalue weighted by Gasteiger charge is -2.50. The monoisotopic (exact) mass is 455 g/mol. The van der Waals surface area contributed by atoms with Crippen molar-refractivity contribution >= 4 is 23.3 Å². The molecular formula is C25H27F2N3O3. The van der Waals surface area contributed by atoms with E-state index in [1.807, 2.05) is 7.05 Å². The Kier molecular flexibility index (Phi) is 6.19. The number of nitrogens with zero attached hydrogens (tertiary/aromatic N) is 2. The van der Waals surface area contributed by atoms with Gasteiger partial charge in [-0.3, -0.25) is 9.59 Å². The number of fused-ring (bicyclic) bond motifs is 1. The molecule has 0 bridgehead atoms. The highest BCUT2D eigenvalue weighted by molar-refractivity contribution is 6.04. The van der Waals surface area contributed by atoms with Crippen LogP contribution in [0.1, 0.15) is 47.7 Å². The lowest BCUT2D eigenvalue weighted by molar-refractivity contribution is -0.116. The van der Waals surface area contributed by atoms with E-state index in [-0.39, 0.29) is 30.6 Å². The Hall–Kier alpha value is -3.29. The lowest BCUT2D eigenvalue weighted by atomic mass is 9.77. The number of ketones is 2. The average molecular weight is 456 g/mol. The highest BCUT2D eigenvalue weighted by Crippen LogP contribution is 2.41. The van der Waals surface area contributed by atoms with Crippen molar-refractivity contribution in [1.82, 2.24) is 10.2 Å². The molecule has 0 aliphatic carbocycles. The highest BCUT2D eigenvalue weighted by atomic mass is 19.1. The number of benzene rings is 2. The van der Waals surface area contributed by atoms with Crippen LogP contribution >= 0.6 is 0 Å². The lowest BCUT2D eigenvalue weighted by Crippen LogP contribution is -2.59. The molecule has 2 aliphatic heterocycles. The predicted octanol–water partition coefficient (Wildman–Crippen LogP) is 3.86. The van der Waals surface area contributed by atoms with Gasteiger partial charge < -0.3 is 15.1 Å². The second kappa shape index (κ2) is 8.92. The Morgan fingerprint density at radius 1 is 1.09 bits per heavy atom. The summed E-state index contributed by atoms with van der Waals surface area (Å²) in [5.41, 5.74) is 1.78. The molecule has 2 aromatic rings. The van der Waals surface area contributed by atoms with Gasteiger partial charge in [-0.25, -0.2) is 13.6 Å². The minimum absolute atomic E-state index is 0.0177. The van der Waals surface area contributed by atoms with Gasteiger partial charge >= 0.3 is 6.03 Å². The van der Waals surface area contributed by atoms with Crippen molar-refractivity contribution in [3.63, 3.8) is 0 Å². The molecule has 2 aromatic carbocycles. The van der Waals surface area contributed by atoms with Crippen molar-refractivity contribution in [1.29, 1.82) is 0 Å². The number of piperidine rings is 1. The van der Waals surface area contributed by atoms with Gasteiger partial charge in [-0.15, -0.1) is 0 Å². The van der Waals surface area contributed by atoms with Crippen molar-refractivity contribution in [3.8, 4) is 0 Å². The topological polar surface area (TPSA) is 69.7 Å². The first-order valence-corrected chi connectivity index (χ1v) is 11.0. The van der Waals surface area contributed by atoms with Gasteiger partial charge in [0.25, 0.3) is 0 Å². The second-order valence-corrected chi connectivity index (χ2v) is 9.00. The number of carbonyl (C=O) groups excluding carboxylic acids is 3. The summed E-state index contributed by atoms with van der Waals surface area (Å²) >= 11 is 0. The van der Waals surface area contributed by atoms with E-state index in [0.29, 0.717) is 43.5 Å². The predicted molar refractivity (Wildman–Crippen MR) is 120 cm³/mol. The maximum atomic E-state index is 13.9. The smallest absolute Gasteiger partial charge is 0.317 e. The number of likely N-dealkylation sites (tertiary alicyclic amines) is 1. The Morgan fingerprint density at radius 3 is 2.52 bits per heavy atom. The molecule has 0 unspecified atom stereocenters. The van der Waals surface area contributed by atoms with E-state index in [4.69, 9.17) is 0 Å². The number of urea groups is 1. The van der Waals surface area contributed by atoms with Crippen LogP contribution in [-0.4, -0.2) is 48.2 Å². The van der Waals surface area contributed by atoms with E-state index in [2.05, 4.69) is 10.2 Å². The van der Waals surface area contributed by atoms with E-state index in [0.717, 1.165) is 11.3 Å². The third-order valence-corrected chi connectivity index (χ3v) is 6.80. The number of Topliss-reactive ketones (excluding diaryl/α,β-unsaturated/α-hetero) is 2. The maximum Gasteiger partial charge on any atom is 0.317 e. The first-order chi connectivity index (χ1) is 15.7. The van der Waals surface area contributed by atoms with Gasteiger partial charge in [0.1, 0.15) is 17.4 Å². The van der Waals surface area contributed by atoms with Crippen LogP contribution in [0.4, 0.5) is 19.3 Å². The van der Waals surface area contributed by atoms with Crippen LogP contribution in [-0.2, 0) is 17.8 Å². The van der Waals surface area contributed by atoms with E-state index >= 15 is 0 Å². The van der Waals surface area contributed by atoms with E-state index in [9.17, 15) is 23.2 Å². The van der Waals surface area contributed by atoms with Gasteiger partial charge in [-0.05, 0) is 55.2 Å². The average Bonchev–Trinajstić information content (AvgIpc) is 2.78. The molecule has 174 valence electrons. The van der Waals surface area contributed by atoms with Crippen molar-refractivity contribution in [2.75, 3.05) is 25.0 Å². The second-order valence-electron chi connectivity index (χ2n) is 9.00. The van der Waals surface area contributed by atoms with Gasteiger partial charge in [0, 0.05) is 50.8 Å². The SMILES string of the molecule is CC(=O)Cc1cc(CNC(=O)N2CCC3(CC2)CC(=O)c2cc(F)ccc2N3C)ccc1F. The molecule has 1 saturated heterocycles. The van der Waals surface area contributed by atoms with E-state index in [1.54, 1.807) is 23.1 Å². The first-order valence-electron chi connectivity index (χ1n) is 11.0. The Bertz CT molecular complexity index is 1110. The number of carbonyl (C=O) groups is 3. The summed E-state index contributed by atoms with van der Waals surface area (Å²) in [6.07, 6.45) is 1.56. The van der Waals surface area contributed by atoms with E-state index in [1.165, 1.54) is 25.1 Å². The van der Waals surface area contributed by atoms with Gasteiger partial charge in [0.05, 0.1) is 5.54 Å². The molecule has 0 saturated carbocycles. The summed E-state index contributed by atoms with van der Waals surface area (Å²) in [6.45, 7) is 2.60. The fourth-order valence-corrected chi connectivity index (χ4v) is 4.86. The number of amides is 2. The van der Waals surface area contributed by atoms with Gasteiger partial charge in [-0.2, -0.15) is 0 Å². The number of hydrogen-bond acceptors (Lipinski definition) is 4. The molecule has 2 amide bonds. The first kappa shape index (κ1) is 22.9. The molecule has 0 aromatic heterocycles. The van der Waals surface area contributed by atoms with Crippen LogP contribution < -0.4 is 10.2 Å². The van der Waals surface area contributed by atoms with Gasteiger partial charge in [-0.1, -0.05) is 12.1 Å². The summed E-state index contributed by atoms with van der Waals surface area (Å²) in [7, 11) is 1.92. The zero-order chi connectivity index (χ0) is 23.8. The molecule has 6 nitrogen and oxygen atoms in total. The number of anilines is 1. The minimum atomic E-state index is -0.433. The van der Waals surface area contributed by atoms with Gasteiger partial charge in [0.15, 0.2) is 5.78 Å². The highest BCUT2D eigenvalue weighted by Gasteiger charge is 2.45. The van der Waals surface area contributed by atoms with Crippen LogP contribution in [0.3, 0.4) is 0 Å². The fraction of sp³-hybridized carbons (Fsp3) is 0.400. The summed E-state index contributed by atoms with van der Waals surface area (Å²) in [4.78, 5) is 40.5. The van der Waals surface area contributed by atoms with Crippen LogP contribution in [0, 0.1) is 11.6 Å². The Balaban J connectivity index is 1.37. The normalized spacial score (nSPS) is 17.2. The minimum Gasteiger partial charge on any atom is -0.368 e. The third-order valence-electron chi connectivity index (χ3n) is 6.80. The molecule has 1 N–H and O–H groups in total. The molecule has 1 fully saturated rings. The molecule has 2 heterocycles. The summed E-state index contributed by atoms with van der Waals surface area (Å²) in [5, 5.41) is 2.86. The van der Waals surface area contributed by atoms with Crippen molar-refractivity contribution < 1.29 is 23.2 Å². The van der Waals surface area contributed by atoms with Crippen LogP contribution in [0.15, 0.2) is 36.4 Å². The molecular weight excluding hydrogens is 428 g/mol. The number of hydrogen-bond donors (Lipinski definition) is 1. The molecule has 33 heavy (non-hydrogen) atoms. The molecule has 1 spiro atoms. The van der Waals surface area contributed by atoms with Crippen molar-refractivity contribution in [2.45, 2.75) is 44.7 Å². The quantitative estimate of drug-likeness (QED) is 0.760. The van der Waals surface area contributed by atoms with E-state index < -0.39 is 17.2 Å². The van der Waals surface area contributed by atoms with Gasteiger partial charge in [0.2, 0.25) is 0 Å². The van der Waals surface area contributed by atoms with Crippen molar-refractivity contribution in [2.24, 2.45) is 0 Å². The van der Waals surface area contributed by atoms with Crippen molar-refractivity contribution in [3.05, 3.63) is 64.7 Å². The zero-order valence-corrected chi connectivity index (χ0v) is 18.8. The van der Waals surface area contributed by atoms with Crippen LogP contribution in [0.25, 0.3) is 0 Å². The Labute approximate surface area is 191 Å². The zero-order valence-electron chi connectivity index (χ0n) is 18.8. The third kappa shape index (κ3) is 4.60. The molecule has 2 aliphatic rings. The fourth-order valence-electron chi connectivity index (χ4n) is 4.86. The summed E-state index contributed by atoms with van der Waals surface area (Å²) in [5.74, 6) is -1.06. The Morgan fingerprint density at radius 2 is 1.82 bits per heavy atom. The molecule has 4 rings (SSSR count). The molecule has 0 radical (unpaired) electrons. The summed E-state index contributed by atoms with van der Waals surface area (Å²) in [6, 6.07) is 8.57. The largest absolute Gasteiger partial charge is 0.368 e. The number of halogens is 2. The number of nitrogens with one attached hydrogen (secondary N) is 1. The number of rotatable bonds is 4. The molecule has 8 heteroatoms.